The first-order chi connectivity index (χ1) is 38.4. The van der Waals surface area contributed by atoms with Crippen LogP contribution in [0.2, 0.25) is 10.0 Å². The number of nitrogens with two attached hydrogens (primary N) is 3. The van der Waals surface area contributed by atoms with Crippen LogP contribution >= 0.6 is 23.2 Å². The number of amidine groups is 3. The SMILES string of the molecule is C.Cc1cc2cc(Cl)ccc2[nH]1.Cc1cc2ccccc2cc1F.Cc1ccc2c(c1)C(N)=NOC2.Cc1ccc2c(c1)CON=C2N.Cc1ccc2c(n1)NCCC2.Cc1ccc2cc(Cl)ccc2c1.Cc1cccc(C(=N)N)c1. The van der Waals surface area contributed by atoms with Gasteiger partial charge in [0.15, 0.2) is 11.7 Å². The number of H-pyrrole nitrogens is 1. The number of hydrogen-bond donors (Lipinski definition) is 6. The maximum atomic E-state index is 13.0. The highest BCUT2D eigenvalue weighted by molar-refractivity contribution is 6.31. The van der Waals surface area contributed by atoms with Crippen molar-refractivity contribution < 1.29 is 14.1 Å². The summed E-state index contributed by atoms with van der Waals surface area (Å²) in [6.07, 6.45) is 2.41. The lowest BCUT2D eigenvalue weighted by Gasteiger charge is -2.16. The van der Waals surface area contributed by atoms with Gasteiger partial charge in [0.1, 0.15) is 30.7 Å². The maximum absolute atomic E-state index is 13.0. The van der Waals surface area contributed by atoms with E-state index in [1.807, 2.05) is 156 Å². The van der Waals surface area contributed by atoms with E-state index in [0.717, 1.165) is 77.8 Å². The first kappa shape index (κ1) is 61.5. The van der Waals surface area contributed by atoms with Gasteiger partial charge in [-0.25, -0.2) is 9.37 Å². The summed E-state index contributed by atoms with van der Waals surface area (Å²) in [7, 11) is 0. The van der Waals surface area contributed by atoms with Gasteiger partial charge in [-0.1, -0.05) is 166 Å². The van der Waals surface area contributed by atoms with Gasteiger partial charge in [-0.15, -0.1) is 0 Å². The summed E-state index contributed by atoms with van der Waals surface area (Å²) in [5.74, 6) is 2.03. The predicted octanol–water partition coefficient (Wildman–Crippen LogP) is 16.2. The van der Waals surface area contributed by atoms with E-state index >= 15 is 0 Å². The Balaban J connectivity index is 0.000000152. The van der Waals surface area contributed by atoms with E-state index in [4.69, 9.17) is 55.5 Å². The minimum atomic E-state index is -0.131. The lowest BCUT2D eigenvalue weighted by atomic mass is 10.0. The zero-order valence-electron chi connectivity index (χ0n) is 46.2. The molecule has 0 saturated heterocycles. The third-order valence-electron chi connectivity index (χ3n) is 12.9. The van der Waals surface area contributed by atoms with Gasteiger partial charge in [0.2, 0.25) is 0 Å². The van der Waals surface area contributed by atoms with Crippen LogP contribution in [0, 0.1) is 59.7 Å². The van der Waals surface area contributed by atoms with E-state index < -0.39 is 0 Å². The third-order valence-corrected chi connectivity index (χ3v) is 13.4. The van der Waals surface area contributed by atoms with Crippen LogP contribution in [0.1, 0.15) is 86.4 Å². The van der Waals surface area contributed by atoms with Crippen LogP contribution in [0.4, 0.5) is 10.2 Å². The van der Waals surface area contributed by atoms with Gasteiger partial charge in [0.05, 0.1) is 0 Å². The van der Waals surface area contributed by atoms with Gasteiger partial charge in [0, 0.05) is 66.7 Å². The third kappa shape index (κ3) is 18.2. The number of aromatic amines is 1. The number of halogens is 3. The van der Waals surface area contributed by atoms with Crippen molar-refractivity contribution in [2.45, 2.75) is 81.9 Å². The second kappa shape index (κ2) is 29.5. The molecule has 0 aliphatic carbocycles. The smallest absolute Gasteiger partial charge is 0.170 e. The van der Waals surface area contributed by atoms with Crippen molar-refractivity contribution in [3.63, 3.8) is 0 Å². The highest BCUT2D eigenvalue weighted by Gasteiger charge is 2.13. The minimum absolute atomic E-state index is 0. The summed E-state index contributed by atoms with van der Waals surface area (Å²) >= 11 is 11.7. The number of pyridine rings is 1. The molecule has 8 aromatic carbocycles. The van der Waals surface area contributed by atoms with Gasteiger partial charge < -0.3 is 37.2 Å². The van der Waals surface area contributed by atoms with Crippen LogP contribution in [0.25, 0.3) is 32.4 Å². The molecule has 14 heteroatoms. The largest absolute Gasteiger partial charge is 0.389 e. The number of hydrogen-bond acceptors (Lipinski definition) is 9. The minimum Gasteiger partial charge on any atom is -0.389 e. The Morgan fingerprint density at radius 2 is 1.14 bits per heavy atom. The Morgan fingerprint density at radius 3 is 1.85 bits per heavy atom. The van der Waals surface area contributed by atoms with Crippen molar-refractivity contribution >= 4 is 79.0 Å². The first-order valence-corrected chi connectivity index (χ1v) is 26.9. The van der Waals surface area contributed by atoms with Crippen LogP contribution in [0.3, 0.4) is 0 Å². The topological polar surface area (TPSA) is 186 Å². The van der Waals surface area contributed by atoms with Gasteiger partial charge >= 0.3 is 0 Å². The molecule has 10 aromatic rings. The van der Waals surface area contributed by atoms with Crippen LogP contribution < -0.4 is 22.5 Å². The van der Waals surface area contributed by atoms with E-state index in [9.17, 15) is 4.39 Å². The number of anilines is 1. The number of rotatable bonds is 1. The van der Waals surface area contributed by atoms with Crippen molar-refractivity contribution in [2.75, 3.05) is 11.9 Å². The molecule has 3 aliphatic rings. The average Bonchev–Trinajstić information content (AvgIpc) is 3.82. The van der Waals surface area contributed by atoms with Crippen LogP contribution in [0.15, 0.2) is 180 Å². The van der Waals surface area contributed by atoms with Crippen molar-refractivity contribution in [2.24, 2.45) is 27.5 Å². The zero-order valence-corrected chi connectivity index (χ0v) is 47.7. The summed E-state index contributed by atoms with van der Waals surface area (Å²) in [6, 6.07) is 55.4. The monoisotopic (exact) mass is 1120 g/mol. The van der Waals surface area contributed by atoms with Gasteiger partial charge in [0.25, 0.3) is 0 Å². The summed E-state index contributed by atoms with van der Waals surface area (Å²) in [4.78, 5) is 17.5. The second-order valence-electron chi connectivity index (χ2n) is 19.7. The fourth-order valence-electron chi connectivity index (χ4n) is 8.74. The number of aryl methyl sites for hydroxylation is 8. The van der Waals surface area contributed by atoms with Gasteiger partial charge in [-0.05, 0) is 161 Å². The Morgan fingerprint density at radius 1 is 0.556 bits per heavy atom. The molecule has 0 radical (unpaired) electrons. The fourth-order valence-corrected chi connectivity index (χ4v) is 9.10. The molecule has 0 unspecified atom stereocenters. The molecule has 0 fully saturated rings. The molecule has 3 aliphatic heterocycles. The molecule has 0 saturated carbocycles. The summed E-state index contributed by atoms with van der Waals surface area (Å²) < 4.78 is 13.0. The van der Waals surface area contributed by atoms with E-state index in [0.29, 0.717) is 30.4 Å². The fraction of sp³-hybridized carbons (Fsp3) is 0.194. The summed E-state index contributed by atoms with van der Waals surface area (Å²) in [6.45, 7) is 16.1. The van der Waals surface area contributed by atoms with Crippen molar-refractivity contribution in [3.8, 4) is 0 Å². The first-order valence-electron chi connectivity index (χ1n) is 26.2. The number of fused-ring (bicyclic) bond motifs is 6. The van der Waals surface area contributed by atoms with E-state index in [1.54, 1.807) is 13.0 Å². The molecular weight excluding hydrogens is 1050 g/mol. The summed E-state index contributed by atoms with van der Waals surface area (Å²) in [5, 5.41) is 25.1. The Labute approximate surface area is 485 Å². The highest BCUT2D eigenvalue weighted by atomic mass is 35.5. The van der Waals surface area contributed by atoms with Crippen LogP contribution in [-0.2, 0) is 29.3 Å². The number of nitrogens with one attached hydrogen (secondary N) is 3. The predicted molar refractivity (Wildman–Crippen MR) is 338 cm³/mol. The molecule has 418 valence electrons. The lowest BCUT2D eigenvalue weighted by Crippen LogP contribution is -2.20. The van der Waals surface area contributed by atoms with Crippen molar-refractivity contribution in [1.29, 1.82) is 5.41 Å². The standard InChI is InChI=1S/C11H9Cl.C11H9F.C9H8ClN.2C9H10N2O.C9H12N2.C8H10N2.CH4/c1-8-2-3-10-7-11(12)5-4-9(10)6-8;1-8-6-9-4-2-3-5-10(9)7-11(8)12;1-6-4-7-5-8(10)2-3-9(7)11-6;1-6-2-3-8-7(4-6)5-12-11-9(8)10;1-6-2-3-7-5-12-11-9(10)8(7)4-6;1-7-4-5-8-3-2-6-10-9(8)11-7;1-6-3-2-4-7(5-6)8(9)10;/h2*2-7H,1H3;2-5,11H,1H3;2*2-4H,5H2,1H3,(H2,10,11);4-5H,2-3,6H2,1H3,(H,10,11);2-5H,1H3,(H3,9,10);1H4. The quantitative estimate of drug-likeness (QED) is 0.0697. The van der Waals surface area contributed by atoms with Crippen molar-refractivity contribution in [1.82, 2.24) is 9.97 Å². The van der Waals surface area contributed by atoms with Crippen LogP contribution in [-0.4, -0.2) is 34.0 Å². The maximum Gasteiger partial charge on any atom is 0.170 e. The molecule has 2 aromatic heterocycles. The van der Waals surface area contributed by atoms with E-state index in [2.05, 4.69) is 75.0 Å². The molecule has 0 atom stereocenters. The highest BCUT2D eigenvalue weighted by Crippen LogP contribution is 2.23. The summed E-state index contributed by atoms with van der Waals surface area (Å²) in [5.41, 5.74) is 31.8. The Hall–Kier alpha value is -8.71. The molecule has 11 nitrogen and oxygen atoms in total. The van der Waals surface area contributed by atoms with Crippen molar-refractivity contribution in [3.05, 3.63) is 258 Å². The molecule has 0 spiro atoms. The van der Waals surface area contributed by atoms with E-state index in [1.165, 1.54) is 56.9 Å². The average molecular weight is 1130 g/mol. The molecule has 81 heavy (non-hydrogen) atoms. The second-order valence-corrected chi connectivity index (χ2v) is 20.6. The Bertz CT molecular complexity index is 3750. The number of nitrogens with zero attached hydrogens (tertiary/aromatic N) is 3. The lowest BCUT2D eigenvalue weighted by molar-refractivity contribution is 0.125. The van der Waals surface area contributed by atoms with Crippen LogP contribution in [0.5, 0.6) is 0 Å². The zero-order chi connectivity index (χ0) is 57.3. The normalized spacial score (nSPS) is 12.1. The molecule has 13 rings (SSSR count). The van der Waals surface area contributed by atoms with Gasteiger partial charge in [-0.3, -0.25) is 5.41 Å². The molecule has 0 amide bonds. The molecule has 9 N–H and O–H groups in total. The van der Waals surface area contributed by atoms with Gasteiger partial charge in [-0.2, -0.15) is 0 Å². The Kier molecular flexibility index (Phi) is 22.4. The number of benzene rings is 8. The number of oxime groups is 2. The number of nitrogen functional groups attached to an aromatic ring is 1. The molecule has 0 bridgehead atoms. The van der Waals surface area contributed by atoms with E-state index in [-0.39, 0.29) is 19.1 Å². The number of aromatic nitrogens is 2. The molecular formula is C67H72Cl2FN9O2. The molecule has 5 heterocycles.